The topological polar surface area (TPSA) is 56.3 Å². The maximum Gasteiger partial charge on any atom is 0.195 e. The second-order valence-electron chi connectivity index (χ2n) is 9.08. The van der Waals surface area contributed by atoms with Gasteiger partial charge in [0.25, 0.3) is 0 Å². The number of hydrogen-bond acceptors (Lipinski definition) is 3. The number of likely N-dealkylation sites (tertiary alicyclic amines) is 1. The number of carbonyl (C=O) groups is 1. The smallest absolute Gasteiger partial charge is 0.195 e. The molecule has 4 nitrogen and oxygen atoms in total. The van der Waals surface area contributed by atoms with Crippen molar-refractivity contribution in [3.8, 4) is 0 Å². The van der Waals surface area contributed by atoms with E-state index in [1.54, 1.807) is 6.20 Å². The predicted octanol–water partition coefficient (Wildman–Crippen LogP) is 5.41. The molecular formula is C29H30N2O2. The number of benzene rings is 3. The molecule has 2 N–H and O–H groups in total. The second kappa shape index (κ2) is 9.74. The minimum absolute atomic E-state index is 0.229. The number of aromatic amines is 1. The summed E-state index contributed by atoms with van der Waals surface area (Å²) in [6, 6.07) is 28.0. The van der Waals surface area contributed by atoms with Crippen LogP contribution in [0.25, 0.3) is 10.9 Å². The number of aromatic nitrogens is 1. The molecule has 168 valence electrons. The quantitative estimate of drug-likeness (QED) is 0.380. The Morgan fingerprint density at radius 1 is 0.909 bits per heavy atom. The Kier molecular flexibility index (Phi) is 6.38. The first-order chi connectivity index (χ1) is 16.2. The number of para-hydroxylation sites is 1. The summed E-state index contributed by atoms with van der Waals surface area (Å²) in [6.07, 6.45) is 3.81. The molecule has 1 aromatic heterocycles. The number of piperidine rings is 1. The molecule has 0 aliphatic carbocycles. The molecule has 0 unspecified atom stereocenters. The van der Waals surface area contributed by atoms with Gasteiger partial charge < -0.3 is 10.1 Å². The Morgan fingerprint density at radius 2 is 1.55 bits per heavy atom. The van der Waals surface area contributed by atoms with Gasteiger partial charge >= 0.3 is 0 Å². The first-order valence-electron chi connectivity index (χ1n) is 11.8. The van der Waals surface area contributed by atoms with E-state index >= 15 is 0 Å². The van der Waals surface area contributed by atoms with Crippen LogP contribution in [0.2, 0.25) is 0 Å². The van der Waals surface area contributed by atoms with Gasteiger partial charge in [0.15, 0.2) is 5.78 Å². The standard InChI is InChI=1S/C29H30N2O2/c32-28(25-20-30-26-14-8-7-13-24(25)26)29(33)27(23-11-5-2-6-12-23)31-17-15-22(16-18-31)19-21-9-3-1-4-10-21/h1-14,20,22,27,29-30,33H,15-19H2/t27-,29+/m0/s1. The van der Waals surface area contributed by atoms with Gasteiger partial charge in [-0.25, -0.2) is 0 Å². The first-order valence-corrected chi connectivity index (χ1v) is 11.8. The Bertz CT molecular complexity index is 1190. The molecular weight excluding hydrogens is 408 g/mol. The highest BCUT2D eigenvalue weighted by Gasteiger charge is 2.35. The minimum atomic E-state index is -1.13. The van der Waals surface area contributed by atoms with E-state index in [1.807, 2.05) is 54.6 Å². The van der Waals surface area contributed by atoms with E-state index in [1.165, 1.54) is 5.56 Å². The summed E-state index contributed by atoms with van der Waals surface area (Å²) in [7, 11) is 0. The molecule has 1 saturated heterocycles. The van der Waals surface area contributed by atoms with Crippen LogP contribution in [0.3, 0.4) is 0 Å². The fraction of sp³-hybridized carbons (Fsp3) is 0.276. The summed E-state index contributed by atoms with van der Waals surface area (Å²) >= 11 is 0. The van der Waals surface area contributed by atoms with Crippen molar-refractivity contribution in [1.29, 1.82) is 0 Å². The molecule has 1 fully saturated rings. The predicted molar refractivity (Wildman–Crippen MR) is 132 cm³/mol. The van der Waals surface area contributed by atoms with E-state index in [2.05, 4.69) is 40.2 Å². The molecule has 5 rings (SSSR count). The third-order valence-electron chi connectivity index (χ3n) is 6.97. The largest absolute Gasteiger partial charge is 0.383 e. The van der Waals surface area contributed by atoms with Gasteiger partial charge in [0.05, 0.1) is 6.04 Å². The molecule has 1 aliphatic rings. The van der Waals surface area contributed by atoms with Gasteiger partial charge in [0.1, 0.15) is 6.10 Å². The molecule has 4 heteroatoms. The zero-order valence-corrected chi connectivity index (χ0v) is 18.7. The number of rotatable bonds is 7. The van der Waals surface area contributed by atoms with Gasteiger partial charge in [-0.1, -0.05) is 78.9 Å². The average Bonchev–Trinajstić information content (AvgIpc) is 3.30. The fourth-order valence-corrected chi connectivity index (χ4v) is 5.20. The van der Waals surface area contributed by atoms with Gasteiger partial charge in [0.2, 0.25) is 0 Å². The number of Topliss-reactive ketones (excluding diaryl/α,β-unsaturated/α-hetero) is 1. The number of nitrogens with one attached hydrogen (secondary N) is 1. The lowest BCUT2D eigenvalue weighted by molar-refractivity contribution is 0.0265. The van der Waals surface area contributed by atoms with Gasteiger partial charge in [-0.05, 0) is 55.5 Å². The zero-order valence-electron chi connectivity index (χ0n) is 18.7. The second-order valence-corrected chi connectivity index (χ2v) is 9.08. The molecule has 3 aromatic carbocycles. The van der Waals surface area contributed by atoms with E-state index in [0.29, 0.717) is 11.5 Å². The van der Waals surface area contributed by atoms with Crippen LogP contribution in [0.15, 0.2) is 91.1 Å². The third-order valence-corrected chi connectivity index (χ3v) is 6.97. The van der Waals surface area contributed by atoms with Crippen LogP contribution in [0, 0.1) is 5.92 Å². The van der Waals surface area contributed by atoms with Crippen molar-refractivity contribution in [1.82, 2.24) is 9.88 Å². The summed E-state index contributed by atoms with van der Waals surface area (Å²) in [5.41, 5.74) is 3.83. The monoisotopic (exact) mass is 438 g/mol. The van der Waals surface area contributed by atoms with Crippen molar-refractivity contribution in [2.75, 3.05) is 13.1 Å². The molecule has 33 heavy (non-hydrogen) atoms. The Balaban J connectivity index is 1.36. The summed E-state index contributed by atoms with van der Waals surface area (Å²) in [5.74, 6) is 0.397. The molecule has 0 spiro atoms. The van der Waals surface area contributed by atoms with Crippen molar-refractivity contribution in [2.45, 2.75) is 31.4 Å². The lowest BCUT2D eigenvalue weighted by Gasteiger charge is -2.39. The van der Waals surface area contributed by atoms with Crippen molar-refractivity contribution >= 4 is 16.7 Å². The van der Waals surface area contributed by atoms with Crippen molar-refractivity contribution in [3.63, 3.8) is 0 Å². The van der Waals surface area contributed by atoms with E-state index in [4.69, 9.17) is 0 Å². The summed E-state index contributed by atoms with van der Waals surface area (Å²) in [5, 5.41) is 12.3. The van der Waals surface area contributed by atoms with Crippen LogP contribution in [0.4, 0.5) is 0 Å². The lowest BCUT2D eigenvalue weighted by Crippen LogP contribution is -2.44. The molecule has 0 radical (unpaired) electrons. The molecule has 0 saturated carbocycles. The first kappa shape index (κ1) is 21.6. The summed E-state index contributed by atoms with van der Waals surface area (Å²) in [6.45, 7) is 1.74. The SMILES string of the molecule is O=C(c1c[nH]c2ccccc12)[C@H](O)[C@H](c1ccccc1)N1CCC(Cc2ccccc2)CC1. The van der Waals surface area contributed by atoms with Gasteiger partial charge in [-0.15, -0.1) is 0 Å². The molecule has 0 amide bonds. The molecule has 4 aromatic rings. The highest BCUT2D eigenvalue weighted by atomic mass is 16.3. The van der Waals surface area contributed by atoms with Gasteiger partial charge in [0, 0.05) is 22.7 Å². The van der Waals surface area contributed by atoms with E-state index in [9.17, 15) is 9.90 Å². The van der Waals surface area contributed by atoms with Crippen molar-refractivity contribution < 1.29 is 9.90 Å². The average molecular weight is 439 g/mol. The number of ketones is 1. The maximum absolute atomic E-state index is 13.5. The van der Waals surface area contributed by atoms with Crippen LogP contribution in [0.1, 0.15) is 40.4 Å². The van der Waals surface area contributed by atoms with Crippen LogP contribution in [0.5, 0.6) is 0 Å². The Morgan fingerprint density at radius 3 is 2.27 bits per heavy atom. The number of nitrogens with zero attached hydrogens (tertiary/aromatic N) is 1. The number of aliphatic hydroxyl groups excluding tert-OH is 1. The zero-order chi connectivity index (χ0) is 22.6. The Labute approximate surface area is 194 Å². The molecule has 1 aliphatic heterocycles. The molecule has 2 atom stereocenters. The van der Waals surface area contributed by atoms with Gasteiger partial charge in [-0.2, -0.15) is 0 Å². The number of fused-ring (bicyclic) bond motifs is 1. The van der Waals surface area contributed by atoms with Crippen molar-refractivity contribution in [2.24, 2.45) is 5.92 Å². The fourth-order valence-electron chi connectivity index (χ4n) is 5.20. The molecule has 2 heterocycles. The van der Waals surface area contributed by atoms with Crippen LogP contribution < -0.4 is 0 Å². The number of hydrogen-bond donors (Lipinski definition) is 2. The van der Waals surface area contributed by atoms with E-state index in [0.717, 1.165) is 48.8 Å². The summed E-state index contributed by atoms with van der Waals surface area (Å²) < 4.78 is 0. The normalized spacial score (nSPS) is 17.1. The van der Waals surface area contributed by atoms with Crippen LogP contribution in [-0.4, -0.2) is 40.0 Å². The highest BCUT2D eigenvalue weighted by Crippen LogP contribution is 2.33. The molecule has 0 bridgehead atoms. The highest BCUT2D eigenvalue weighted by molar-refractivity contribution is 6.10. The minimum Gasteiger partial charge on any atom is -0.383 e. The Hall–Kier alpha value is -3.21. The van der Waals surface area contributed by atoms with Crippen LogP contribution in [-0.2, 0) is 6.42 Å². The third kappa shape index (κ3) is 4.63. The van der Waals surface area contributed by atoms with E-state index in [-0.39, 0.29) is 11.8 Å². The van der Waals surface area contributed by atoms with E-state index < -0.39 is 6.10 Å². The lowest BCUT2D eigenvalue weighted by atomic mass is 9.87. The number of carbonyl (C=O) groups excluding carboxylic acids is 1. The van der Waals surface area contributed by atoms with Crippen LogP contribution >= 0.6 is 0 Å². The number of aliphatic hydroxyl groups is 1. The van der Waals surface area contributed by atoms with Gasteiger partial charge in [-0.3, -0.25) is 9.69 Å². The maximum atomic E-state index is 13.5. The summed E-state index contributed by atoms with van der Waals surface area (Å²) in [4.78, 5) is 19.0. The number of H-pyrrole nitrogens is 1. The van der Waals surface area contributed by atoms with Crippen molar-refractivity contribution in [3.05, 3.63) is 108 Å².